The zero-order valence-corrected chi connectivity index (χ0v) is 17.5. The van der Waals surface area contributed by atoms with Gasteiger partial charge in [0.25, 0.3) is 0 Å². The van der Waals surface area contributed by atoms with E-state index in [0.29, 0.717) is 12.3 Å². The zero-order chi connectivity index (χ0) is 20.1. The van der Waals surface area contributed by atoms with Gasteiger partial charge in [0.05, 0.1) is 30.1 Å². The fourth-order valence-electron chi connectivity index (χ4n) is 3.74. The third-order valence-corrected chi connectivity index (χ3v) is 6.92. The Morgan fingerprint density at radius 2 is 1.97 bits per heavy atom. The van der Waals surface area contributed by atoms with Crippen LogP contribution in [0.1, 0.15) is 22.0 Å². The fraction of sp³-hybridized carbons (Fsp3) is 0.217. The molecule has 1 N–H and O–H groups in total. The molecule has 146 valence electrons. The maximum Gasteiger partial charge on any atom is 0.238 e. The number of thioether (sulfide) groups is 1. The van der Waals surface area contributed by atoms with Crippen molar-refractivity contribution in [2.24, 2.45) is 0 Å². The predicted molar refractivity (Wildman–Crippen MR) is 119 cm³/mol. The summed E-state index contributed by atoms with van der Waals surface area (Å²) in [5.41, 5.74) is 3.29. The lowest BCUT2D eigenvalue weighted by molar-refractivity contribution is -0.117. The van der Waals surface area contributed by atoms with Gasteiger partial charge in [-0.3, -0.25) is 9.69 Å². The Hall–Kier alpha value is -2.59. The molecule has 4 rings (SSSR count). The van der Waals surface area contributed by atoms with Crippen molar-refractivity contribution in [3.8, 4) is 6.07 Å². The number of fused-ring (bicyclic) bond motifs is 1. The molecule has 0 radical (unpaired) electrons. The Balaban J connectivity index is 1.53. The number of nitrogens with one attached hydrogen (secondary N) is 1. The van der Waals surface area contributed by atoms with Crippen molar-refractivity contribution in [3.63, 3.8) is 0 Å². The van der Waals surface area contributed by atoms with E-state index >= 15 is 0 Å². The predicted octanol–water partition coefficient (Wildman–Crippen LogP) is 4.95. The molecule has 0 aliphatic carbocycles. The minimum absolute atomic E-state index is 0.0328. The van der Waals surface area contributed by atoms with Crippen LogP contribution in [0.15, 0.2) is 70.9 Å². The van der Waals surface area contributed by atoms with Crippen molar-refractivity contribution < 1.29 is 4.79 Å². The highest BCUT2D eigenvalue weighted by Crippen LogP contribution is 2.37. The number of hydrogen-bond donors (Lipinski definition) is 1. The van der Waals surface area contributed by atoms with Crippen molar-refractivity contribution in [2.45, 2.75) is 17.4 Å². The first-order valence-corrected chi connectivity index (χ1v) is 11.4. The Bertz CT molecular complexity index is 1030. The minimum atomic E-state index is -0.0328. The number of anilines is 1. The lowest BCUT2D eigenvalue weighted by atomic mass is 9.93. The number of para-hydroxylation sites is 1. The number of amides is 1. The van der Waals surface area contributed by atoms with Crippen LogP contribution in [0, 0.1) is 11.3 Å². The summed E-state index contributed by atoms with van der Waals surface area (Å²) >= 11 is 3.24. The van der Waals surface area contributed by atoms with Crippen molar-refractivity contribution in [2.75, 3.05) is 24.2 Å². The zero-order valence-electron chi connectivity index (χ0n) is 15.9. The average molecular weight is 420 g/mol. The van der Waals surface area contributed by atoms with E-state index < -0.39 is 0 Å². The van der Waals surface area contributed by atoms with Gasteiger partial charge in [-0.25, -0.2) is 0 Å². The van der Waals surface area contributed by atoms with Gasteiger partial charge in [-0.1, -0.05) is 42.5 Å². The van der Waals surface area contributed by atoms with Gasteiger partial charge >= 0.3 is 0 Å². The third kappa shape index (κ3) is 4.54. The Morgan fingerprint density at radius 1 is 1.17 bits per heavy atom. The van der Waals surface area contributed by atoms with Gasteiger partial charge < -0.3 is 5.32 Å². The second-order valence-corrected chi connectivity index (χ2v) is 8.84. The highest BCUT2D eigenvalue weighted by molar-refractivity contribution is 7.99. The van der Waals surface area contributed by atoms with Crippen LogP contribution in [0.4, 0.5) is 5.69 Å². The van der Waals surface area contributed by atoms with Crippen LogP contribution < -0.4 is 5.32 Å². The van der Waals surface area contributed by atoms with E-state index in [4.69, 9.17) is 5.26 Å². The van der Waals surface area contributed by atoms with Crippen LogP contribution in [0.25, 0.3) is 0 Å². The Morgan fingerprint density at radius 3 is 2.79 bits per heavy atom. The molecule has 6 heteroatoms. The van der Waals surface area contributed by atoms with Gasteiger partial charge in [-0.15, -0.1) is 23.1 Å². The second kappa shape index (κ2) is 9.27. The van der Waals surface area contributed by atoms with E-state index in [9.17, 15) is 4.79 Å². The normalized spacial score (nSPS) is 16.0. The Kier molecular flexibility index (Phi) is 6.30. The van der Waals surface area contributed by atoms with Crippen molar-refractivity contribution in [1.82, 2.24) is 4.90 Å². The standard InChI is InChI=1S/C23H21N3OS2/c24-12-15-29-21-9-5-4-8-19(21)25-22(27)16-26-13-10-20-18(11-14-28-20)23(26)17-6-2-1-3-7-17/h1-9,11,14,23H,10,13,15-16H2,(H,25,27)/t23-/m1/s1. The Labute approximate surface area is 179 Å². The molecule has 1 atom stereocenters. The number of benzene rings is 2. The number of nitriles is 1. The van der Waals surface area contributed by atoms with Crippen LogP contribution in [-0.2, 0) is 11.2 Å². The smallest absolute Gasteiger partial charge is 0.238 e. The number of nitrogens with zero attached hydrogens (tertiary/aromatic N) is 2. The van der Waals surface area contributed by atoms with Crippen molar-refractivity contribution >= 4 is 34.7 Å². The van der Waals surface area contributed by atoms with E-state index in [-0.39, 0.29) is 11.9 Å². The van der Waals surface area contributed by atoms with Crippen LogP contribution in [0.5, 0.6) is 0 Å². The first kappa shape index (κ1) is 19.7. The summed E-state index contributed by atoms with van der Waals surface area (Å²) in [6.45, 7) is 1.18. The highest BCUT2D eigenvalue weighted by atomic mass is 32.2. The molecule has 4 nitrogen and oxygen atoms in total. The molecule has 0 spiro atoms. The molecule has 2 aromatic carbocycles. The molecule has 3 aromatic rings. The van der Waals surface area contributed by atoms with Crippen molar-refractivity contribution in [3.05, 3.63) is 82.0 Å². The fourth-order valence-corrected chi connectivity index (χ4v) is 5.32. The van der Waals surface area contributed by atoms with Crippen molar-refractivity contribution in [1.29, 1.82) is 5.26 Å². The maximum absolute atomic E-state index is 12.9. The minimum Gasteiger partial charge on any atom is -0.324 e. The quantitative estimate of drug-likeness (QED) is 0.575. The topological polar surface area (TPSA) is 56.1 Å². The molecule has 2 heterocycles. The first-order chi connectivity index (χ1) is 14.3. The van der Waals surface area contributed by atoms with Gasteiger partial charge in [-0.05, 0) is 41.1 Å². The summed E-state index contributed by atoms with van der Waals surface area (Å²) in [7, 11) is 0. The molecule has 29 heavy (non-hydrogen) atoms. The van der Waals surface area contributed by atoms with Gasteiger partial charge in [0.1, 0.15) is 0 Å². The number of rotatable bonds is 6. The van der Waals surface area contributed by atoms with E-state index in [2.05, 4.69) is 52.0 Å². The molecule has 1 amide bonds. The van der Waals surface area contributed by atoms with Crippen LogP contribution in [0.2, 0.25) is 0 Å². The largest absolute Gasteiger partial charge is 0.324 e. The maximum atomic E-state index is 12.9. The van der Waals surface area contributed by atoms with E-state index in [1.54, 1.807) is 11.3 Å². The van der Waals surface area contributed by atoms with E-state index in [0.717, 1.165) is 23.5 Å². The molecular weight excluding hydrogens is 398 g/mol. The summed E-state index contributed by atoms with van der Waals surface area (Å²) in [5, 5.41) is 14.0. The van der Waals surface area contributed by atoms with Crippen LogP contribution >= 0.6 is 23.1 Å². The summed E-state index contributed by atoms with van der Waals surface area (Å²) in [5.74, 6) is 0.324. The number of hydrogen-bond acceptors (Lipinski definition) is 5. The number of carbonyl (C=O) groups excluding carboxylic acids is 1. The van der Waals surface area contributed by atoms with Crippen LogP contribution in [0.3, 0.4) is 0 Å². The molecule has 0 bridgehead atoms. The van der Waals surface area contributed by atoms with Gasteiger partial charge in [0, 0.05) is 16.3 Å². The monoisotopic (exact) mass is 419 g/mol. The molecule has 0 saturated carbocycles. The van der Waals surface area contributed by atoms with Crippen LogP contribution in [-0.4, -0.2) is 29.6 Å². The lowest BCUT2D eigenvalue weighted by Crippen LogP contribution is -2.40. The number of carbonyl (C=O) groups is 1. The van der Waals surface area contributed by atoms with Gasteiger partial charge in [0.2, 0.25) is 5.91 Å². The van der Waals surface area contributed by atoms with E-state index in [1.807, 2.05) is 30.3 Å². The molecule has 0 fully saturated rings. The summed E-state index contributed by atoms with van der Waals surface area (Å²) < 4.78 is 0. The summed E-state index contributed by atoms with van der Waals surface area (Å²) in [6, 6.07) is 22.5. The average Bonchev–Trinajstić information content (AvgIpc) is 3.22. The molecule has 1 aliphatic rings. The second-order valence-electron chi connectivity index (χ2n) is 6.82. The van der Waals surface area contributed by atoms with Gasteiger partial charge in [-0.2, -0.15) is 5.26 Å². The van der Waals surface area contributed by atoms with Gasteiger partial charge in [0.15, 0.2) is 0 Å². The molecular formula is C23H21N3OS2. The molecule has 0 saturated heterocycles. The lowest BCUT2D eigenvalue weighted by Gasteiger charge is -2.35. The molecule has 0 unspecified atom stereocenters. The summed E-state index contributed by atoms with van der Waals surface area (Å²) in [4.78, 5) is 17.5. The highest BCUT2D eigenvalue weighted by Gasteiger charge is 2.30. The molecule has 1 aliphatic heterocycles. The third-order valence-electron chi connectivity index (χ3n) is 4.98. The van der Waals surface area contributed by atoms with E-state index in [1.165, 1.54) is 27.8 Å². The molecule has 1 aromatic heterocycles. The SMILES string of the molecule is N#CCSc1ccccc1NC(=O)CN1CCc2sccc2[C@H]1c1ccccc1. The summed E-state index contributed by atoms with van der Waals surface area (Å²) in [6.07, 6.45) is 0.970. The number of thiophene rings is 1. The first-order valence-electron chi connectivity index (χ1n) is 9.50.